The van der Waals surface area contributed by atoms with Crippen molar-refractivity contribution in [3.8, 4) is 11.4 Å². The number of nitrogens with zero attached hydrogens (tertiary/aromatic N) is 3. The van der Waals surface area contributed by atoms with Gasteiger partial charge in [0.1, 0.15) is 4.83 Å². The van der Waals surface area contributed by atoms with Crippen molar-refractivity contribution < 1.29 is 0 Å². The second-order valence-electron chi connectivity index (χ2n) is 5.87. The number of nitrogens with two attached hydrogens (primary N) is 1. The minimum absolute atomic E-state index is 0.696. The summed E-state index contributed by atoms with van der Waals surface area (Å²) in [6, 6.07) is 3.84. The first-order chi connectivity index (χ1) is 11.4. The van der Waals surface area contributed by atoms with Crippen molar-refractivity contribution in [2.24, 2.45) is 5.84 Å². The minimum atomic E-state index is 0.696. The number of aromatic nitrogens is 3. The van der Waals surface area contributed by atoms with E-state index in [-0.39, 0.29) is 0 Å². The monoisotopic (exact) mass is 325 g/mol. The van der Waals surface area contributed by atoms with Gasteiger partial charge in [-0.25, -0.2) is 15.8 Å². The van der Waals surface area contributed by atoms with Crippen LogP contribution in [-0.4, -0.2) is 15.0 Å². The fraction of sp³-hybridized carbons (Fsp3) is 0.353. The van der Waals surface area contributed by atoms with Gasteiger partial charge in [-0.15, -0.1) is 11.3 Å². The number of anilines is 1. The number of fused-ring (bicyclic) bond motifs is 3. The number of nitrogen functional groups attached to an aromatic ring is 1. The second-order valence-corrected chi connectivity index (χ2v) is 6.96. The molecule has 23 heavy (non-hydrogen) atoms. The predicted molar refractivity (Wildman–Crippen MR) is 94.3 cm³/mol. The maximum Gasteiger partial charge on any atom is 0.163 e. The summed E-state index contributed by atoms with van der Waals surface area (Å²) in [7, 11) is 0. The number of aryl methyl sites for hydroxylation is 2. The molecular weight excluding hydrogens is 306 g/mol. The Balaban J connectivity index is 1.91. The van der Waals surface area contributed by atoms with Crippen LogP contribution in [0.3, 0.4) is 0 Å². The normalized spacial score (nSPS) is 15.0. The molecule has 0 aromatic carbocycles. The Labute approximate surface area is 139 Å². The molecular formula is C17H19N5S. The number of pyridine rings is 1. The van der Waals surface area contributed by atoms with E-state index >= 15 is 0 Å². The van der Waals surface area contributed by atoms with E-state index in [0.29, 0.717) is 5.82 Å². The molecule has 3 aromatic rings. The molecule has 0 fully saturated rings. The molecule has 0 radical (unpaired) electrons. The first-order valence-electron chi connectivity index (χ1n) is 8.06. The molecule has 4 rings (SSSR count). The van der Waals surface area contributed by atoms with Gasteiger partial charge in [0.25, 0.3) is 0 Å². The molecule has 0 unspecified atom stereocenters. The third kappa shape index (κ3) is 2.68. The molecule has 3 aromatic heterocycles. The highest BCUT2D eigenvalue weighted by Crippen LogP contribution is 2.38. The fourth-order valence-corrected chi connectivity index (χ4v) is 4.51. The SMILES string of the molecule is NNc1nc(-c2ccncc2)nc2sc3c(c12)CCCCCC3. The van der Waals surface area contributed by atoms with Crippen LogP contribution in [0, 0.1) is 0 Å². The van der Waals surface area contributed by atoms with Gasteiger partial charge in [-0.1, -0.05) is 12.8 Å². The van der Waals surface area contributed by atoms with E-state index in [2.05, 4.69) is 15.4 Å². The van der Waals surface area contributed by atoms with Crippen LogP contribution in [0.2, 0.25) is 0 Å². The van der Waals surface area contributed by atoms with Crippen molar-refractivity contribution in [1.29, 1.82) is 0 Å². The number of nitrogens with one attached hydrogen (secondary N) is 1. The van der Waals surface area contributed by atoms with E-state index in [1.54, 1.807) is 23.7 Å². The Morgan fingerprint density at radius 2 is 1.78 bits per heavy atom. The summed E-state index contributed by atoms with van der Waals surface area (Å²) >= 11 is 1.80. The van der Waals surface area contributed by atoms with Gasteiger partial charge in [0.2, 0.25) is 0 Å². The average molecular weight is 325 g/mol. The van der Waals surface area contributed by atoms with Gasteiger partial charge in [0, 0.05) is 22.8 Å². The van der Waals surface area contributed by atoms with Crippen molar-refractivity contribution in [3.05, 3.63) is 35.0 Å². The van der Waals surface area contributed by atoms with Crippen molar-refractivity contribution >= 4 is 27.4 Å². The van der Waals surface area contributed by atoms with Gasteiger partial charge in [-0.2, -0.15) is 0 Å². The quantitative estimate of drug-likeness (QED) is 0.555. The van der Waals surface area contributed by atoms with Crippen LogP contribution in [0.4, 0.5) is 5.82 Å². The smallest absolute Gasteiger partial charge is 0.163 e. The summed E-state index contributed by atoms with van der Waals surface area (Å²) in [5, 5.41) is 1.12. The molecule has 1 aliphatic rings. The molecule has 0 atom stereocenters. The topological polar surface area (TPSA) is 76.7 Å². The lowest BCUT2D eigenvalue weighted by atomic mass is 9.98. The summed E-state index contributed by atoms with van der Waals surface area (Å²) in [6.45, 7) is 0. The van der Waals surface area contributed by atoms with E-state index in [1.807, 2.05) is 12.1 Å². The lowest BCUT2D eigenvalue weighted by molar-refractivity contribution is 0.624. The molecule has 0 saturated carbocycles. The lowest BCUT2D eigenvalue weighted by Crippen LogP contribution is -2.10. The summed E-state index contributed by atoms with van der Waals surface area (Å²) in [5.41, 5.74) is 5.15. The van der Waals surface area contributed by atoms with E-state index < -0.39 is 0 Å². The fourth-order valence-electron chi connectivity index (χ4n) is 3.25. The first kappa shape index (κ1) is 14.5. The second kappa shape index (κ2) is 6.22. The van der Waals surface area contributed by atoms with Crippen LogP contribution in [-0.2, 0) is 12.8 Å². The van der Waals surface area contributed by atoms with Crippen LogP contribution in [0.1, 0.15) is 36.1 Å². The van der Waals surface area contributed by atoms with Gasteiger partial charge in [-0.05, 0) is 43.4 Å². The minimum Gasteiger partial charge on any atom is -0.308 e. The van der Waals surface area contributed by atoms with Crippen molar-refractivity contribution in [1.82, 2.24) is 15.0 Å². The van der Waals surface area contributed by atoms with Gasteiger partial charge >= 0.3 is 0 Å². The number of thiophene rings is 1. The van der Waals surface area contributed by atoms with E-state index in [4.69, 9.17) is 10.8 Å². The Hall–Kier alpha value is -2.05. The summed E-state index contributed by atoms with van der Waals surface area (Å²) in [4.78, 5) is 16.0. The van der Waals surface area contributed by atoms with Crippen molar-refractivity contribution in [2.45, 2.75) is 38.5 Å². The molecule has 0 spiro atoms. The van der Waals surface area contributed by atoms with Crippen LogP contribution < -0.4 is 11.3 Å². The molecule has 0 bridgehead atoms. The van der Waals surface area contributed by atoms with Crippen LogP contribution >= 0.6 is 11.3 Å². The Bertz CT molecular complexity index is 828. The molecule has 118 valence electrons. The highest BCUT2D eigenvalue weighted by Gasteiger charge is 2.19. The van der Waals surface area contributed by atoms with Gasteiger partial charge in [0.05, 0.1) is 5.39 Å². The van der Waals surface area contributed by atoms with E-state index in [9.17, 15) is 0 Å². The zero-order chi connectivity index (χ0) is 15.6. The van der Waals surface area contributed by atoms with Crippen LogP contribution in [0.5, 0.6) is 0 Å². The number of hydrazine groups is 1. The maximum absolute atomic E-state index is 5.78. The molecule has 0 amide bonds. The molecule has 0 aliphatic heterocycles. The van der Waals surface area contributed by atoms with Crippen molar-refractivity contribution in [2.75, 3.05) is 5.43 Å². The largest absolute Gasteiger partial charge is 0.308 e. The summed E-state index contributed by atoms with van der Waals surface area (Å²) in [6.07, 6.45) is 10.9. The zero-order valence-corrected chi connectivity index (χ0v) is 13.7. The van der Waals surface area contributed by atoms with Gasteiger partial charge in [0.15, 0.2) is 11.6 Å². The molecule has 6 heteroatoms. The Morgan fingerprint density at radius 1 is 1.00 bits per heavy atom. The highest BCUT2D eigenvalue weighted by molar-refractivity contribution is 7.19. The third-order valence-corrected chi connectivity index (χ3v) is 5.58. The number of rotatable bonds is 2. The Morgan fingerprint density at radius 3 is 2.57 bits per heavy atom. The molecule has 3 heterocycles. The first-order valence-corrected chi connectivity index (χ1v) is 8.88. The van der Waals surface area contributed by atoms with Crippen LogP contribution in [0.15, 0.2) is 24.5 Å². The molecule has 5 nitrogen and oxygen atoms in total. The zero-order valence-electron chi connectivity index (χ0n) is 12.9. The molecule has 0 saturated heterocycles. The number of hydrogen-bond donors (Lipinski definition) is 2. The number of hydrogen-bond acceptors (Lipinski definition) is 6. The van der Waals surface area contributed by atoms with Gasteiger partial charge < -0.3 is 5.43 Å². The average Bonchev–Trinajstić information content (AvgIpc) is 2.91. The summed E-state index contributed by atoms with van der Waals surface area (Å²) in [5.74, 6) is 7.21. The third-order valence-electron chi connectivity index (χ3n) is 4.39. The van der Waals surface area contributed by atoms with Crippen molar-refractivity contribution in [3.63, 3.8) is 0 Å². The maximum atomic E-state index is 5.78. The summed E-state index contributed by atoms with van der Waals surface area (Å²) < 4.78 is 0. The van der Waals surface area contributed by atoms with E-state index in [1.165, 1.54) is 36.1 Å². The van der Waals surface area contributed by atoms with Gasteiger partial charge in [-0.3, -0.25) is 4.98 Å². The van der Waals surface area contributed by atoms with E-state index in [0.717, 1.165) is 34.4 Å². The predicted octanol–water partition coefficient (Wildman–Crippen LogP) is 3.70. The lowest BCUT2D eigenvalue weighted by Gasteiger charge is -2.11. The van der Waals surface area contributed by atoms with Crippen LogP contribution in [0.25, 0.3) is 21.6 Å². The standard InChI is InChI=1S/C17H19N5S/c18-22-16-14-12-5-3-1-2-4-6-13(12)23-17(14)21-15(20-16)11-7-9-19-10-8-11/h7-10H,1-6,18H2,(H,20,21,22). The molecule has 1 aliphatic carbocycles. The highest BCUT2D eigenvalue weighted by atomic mass is 32.1. The Kier molecular flexibility index (Phi) is 3.93. The molecule has 3 N–H and O–H groups in total.